The normalized spacial score (nSPS) is 15.9. The van der Waals surface area contributed by atoms with Crippen molar-refractivity contribution in [2.24, 2.45) is 0 Å². The number of rotatable bonds is 7. The Kier molecular flexibility index (Phi) is 7.95. The number of aliphatic hydroxyl groups is 1. The summed E-state index contributed by atoms with van der Waals surface area (Å²) in [6.07, 6.45) is 1.04. The molecule has 1 fully saturated rings. The van der Waals surface area contributed by atoms with Gasteiger partial charge in [0.05, 0.1) is 30.8 Å². The van der Waals surface area contributed by atoms with Gasteiger partial charge < -0.3 is 25.4 Å². The zero-order valence-electron chi connectivity index (χ0n) is 20.3. The van der Waals surface area contributed by atoms with Gasteiger partial charge in [-0.25, -0.2) is 22.6 Å². The highest BCUT2D eigenvalue weighted by molar-refractivity contribution is 7.90. The van der Waals surface area contributed by atoms with Gasteiger partial charge in [0.1, 0.15) is 5.82 Å². The van der Waals surface area contributed by atoms with Crippen molar-refractivity contribution in [1.29, 1.82) is 0 Å². The van der Waals surface area contributed by atoms with Gasteiger partial charge >= 0.3 is 6.03 Å². The topological polar surface area (TPSA) is 147 Å². The molecule has 0 bridgehead atoms. The summed E-state index contributed by atoms with van der Waals surface area (Å²) in [5, 5.41) is 14.0. The Balaban J connectivity index is 1.78. The number of amides is 2. The van der Waals surface area contributed by atoms with Crippen molar-refractivity contribution in [2.75, 3.05) is 49.4 Å². The van der Waals surface area contributed by atoms with Gasteiger partial charge in [-0.1, -0.05) is 0 Å². The Bertz CT molecular complexity index is 1390. The lowest BCUT2D eigenvalue weighted by Gasteiger charge is -2.33. The Hall–Kier alpha value is -3.68. The fourth-order valence-corrected chi connectivity index (χ4v) is 4.68. The molecule has 2 heterocycles. The lowest BCUT2D eigenvalue weighted by Crippen LogP contribution is -2.44. The lowest BCUT2D eigenvalue weighted by atomic mass is 10.1. The number of hydrogen-bond donors (Lipinski definition) is 3. The Morgan fingerprint density at radius 3 is 2.57 bits per heavy atom. The standard InChI is InChI=1S/C24H27FN6O5S/c1-15-14-36-12-10-31(15)23-29-21(16-3-6-18(7-4-16)27-24(33)26-9-11-32)28-22(30-23)19-13-17(25)5-8-20(19)37(2,34)35/h3-8,13,15,32H,9-12,14H2,1-2H3,(H2,26,27,33)/t15-/m0/s1. The van der Waals surface area contributed by atoms with Crippen LogP contribution in [0.1, 0.15) is 6.92 Å². The second-order valence-corrected chi connectivity index (χ2v) is 10.5. The smallest absolute Gasteiger partial charge is 0.319 e. The van der Waals surface area contributed by atoms with E-state index in [1.165, 1.54) is 6.07 Å². The van der Waals surface area contributed by atoms with Crippen molar-refractivity contribution in [3.63, 3.8) is 0 Å². The maximum absolute atomic E-state index is 14.2. The van der Waals surface area contributed by atoms with E-state index >= 15 is 0 Å². The molecule has 0 radical (unpaired) electrons. The van der Waals surface area contributed by atoms with Crippen LogP contribution in [0.15, 0.2) is 47.4 Å². The summed E-state index contributed by atoms with van der Waals surface area (Å²) >= 11 is 0. The highest BCUT2D eigenvalue weighted by Crippen LogP contribution is 2.30. The van der Waals surface area contributed by atoms with Gasteiger partial charge in [-0.15, -0.1) is 0 Å². The van der Waals surface area contributed by atoms with Crippen LogP contribution in [0, 0.1) is 5.82 Å². The Labute approximate surface area is 213 Å². The molecule has 11 nitrogen and oxygen atoms in total. The molecular weight excluding hydrogens is 503 g/mol. The molecule has 1 aliphatic rings. The predicted molar refractivity (Wildman–Crippen MR) is 136 cm³/mol. The minimum absolute atomic E-state index is 0.0178. The quantitative estimate of drug-likeness (QED) is 0.391. The van der Waals surface area contributed by atoms with Gasteiger partial charge in [-0.05, 0) is 49.4 Å². The van der Waals surface area contributed by atoms with Gasteiger partial charge in [-0.2, -0.15) is 9.97 Å². The average Bonchev–Trinajstić information content (AvgIpc) is 2.87. The fraction of sp³-hybridized carbons (Fsp3) is 0.333. The first-order valence-electron chi connectivity index (χ1n) is 11.5. The van der Waals surface area contributed by atoms with Gasteiger partial charge in [0.25, 0.3) is 0 Å². The predicted octanol–water partition coefficient (Wildman–Crippen LogP) is 2.09. The molecule has 37 heavy (non-hydrogen) atoms. The van der Waals surface area contributed by atoms with E-state index in [0.29, 0.717) is 37.0 Å². The molecule has 3 N–H and O–H groups in total. The van der Waals surface area contributed by atoms with Crippen molar-refractivity contribution in [3.05, 3.63) is 48.3 Å². The highest BCUT2D eigenvalue weighted by atomic mass is 32.2. The third kappa shape index (κ3) is 6.37. The first kappa shape index (κ1) is 26.4. The number of nitrogens with zero attached hydrogens (tertiary/aromatic N) is 4. The second-order valence-electron chi connectivity index (χ2n) is 8.49. The molecule has 0 saturated carbocycles. The number of benzene rings is 2. The molecule has 13 heteroatoms. The number of anilines is 2. The largest absolute Gasteiger partial charge is 0.395 e. The molecule has 2 aromatic carbocycles. The maximum Gasteiger partial charge on any atom is 0.319 e. The molecule has 196 valence electrons. The number of urea groups is 1. The second kappa shape index (κ2) is 11.2. The zero-order chi connectivity index (χ0) is 26.6. The molecule has 1 atom stereocenters. The summed E-state index contributed by atoms with van der Waals surface area (Å²) < 4.78 is 44.7. The van der Waals surface area contributed by atoms with Gasteiger partial charge in [0, 0.05) is 36.2 Å². The minimum Gasteiger partial charge on any atom is -0.395 e. The van der Waals surface area contributed by atoms with Crippen LogP contribution in [0.3, 0.4) is 0 Å². The number of ether oxygens (including phenoxy) is 1. The van der Waals surface area contributed by atoms with Crippen molar-refractivity contribution in [3.8, 4) is 22.8 Å². The van der Waals surface area contributed by atoms with Gasteiger partial charge in [-0.3, -0.25) is 0 Å². The van der Waals surface area contributed by atoms with Crippen LogP contribution in [0.5, 0.6) is 0 Å². The Morgan fingerprint density at radius 1 is 1.16 bits per heavy atom. The van der Waals surface area contributed by atoms with Crippen LogP contribution in [-0.2, 0) is 14.6 Å². The molecule has 0 spiro atoms. The van der Waals surface area contributed by atoms with Crippen LogP contribution in [0.25, 0.3) is 22.8 Å². The Morgan fingerprint density at radius 2 is 1.89 bits per heavy atom. The summed E-state index contributed by atoms with van der Waals surface area (Å²) in [4.78, 5) is 27.4. The maximum atomic E-state index is 14.2. The van der Waals surface area contributed by atoms with Crippen LogP contribution in [0.4, 0.5) is 20.8 Å². The van der Waals surface area contributed by atoms with Crippen LogP contribution in [-0.4, -0.2) is 79.7 Å². The number of carbonyl (C=O) groups excluding carboxylic acids is 1. The van der Waals surface area contributed by atoms with Crippen molar-refractivity contribution >= 4 is 27.5 Å². The van der Waals surface area contributed by atoms with Gasteiger partial charge in [0.2, 0.25) is 5.95 Å². The van der Waals surface area contributed by atoms with Crippen LogP contribution >= 0.6 is 0 Å². The molecule has 0 unspecified atom stereocenters. The number of carbonyl (C=O) groups is 1. The average molecular weight is 531 g/mol. The van der Waals surface area contributed by atoms with Crippen LogP contribution in [0.2, 0.25) is 0 Å². The van der Waals surface area contributed by atoms with Crippen molar-refractivity contribution < 1.29 is 27.4 Å². The number of halogens is 1. The molecule has 3 aromatic rings. The number of aromatic nitrogens is 3. The number of nitrogens with one attached hydrogen (secondary N) is 2. The molecule has 1 aromatic heterocycles. The van der Waals surface area contributed by atoms with E-state index in [4.69, 9.17) is 9.84 Å². The van der Waals surface area contributed by atoms with E-state index in [-0.39, 0.29) is 41.3 Å². The van der Waals surface area contributed by atoms with E-state index in [0.717, 1.165) is 18.4 Å². The van der Waals surface area contributed by atoms with Crippen molar-refractivity contribution in [2.45, 2.75) is 17.9 Å². The third-order valence-electron chi connectivity index (χ3n) is 5.63. The highest BCUT2D eigenvalue weighted by Gasteiger charge is 2.25. The van der Waals surface area contributed by atoms with Crippen molar-refractivity contribution in [1.82, 2.24) is 20.3 Å². The number of aliphatic hydroxyl groups excluding tert-OH is 1. The van der Waals surface area contributed by atoms with E-state index in [2.05, 4.69) is 25.6 Å². The summed E-state index contributed by atoms with van der Waals surface area (Å²) in [6.45, 7) is 3.34. The molecule has 1 aliphatic heterocycles. The third-order valence-corrected chi connectivity index (χ3v) is 6.78. The molecule has 1 saturated heterocycles. The SMILES string of the molecule is C[C@H]1COCCN1c1nc(-c2ccc(NC(=O)NCCO)cc2)nc(-c2cc(F)ccc2S(C)(=O)=O)n1. The number of hydrogen-bond acceptors (Lipinski definition) is 9. The summed E-state index contributed by atoms with van der Waals surface area (Å²) in [7, 11) is -3.71. The fourth-order valence-electron chi connectivity index (χ4n) is 3.81. The first-order chi connectivity index (χ1) is 17.7. The number of morpholine rings is 1. The molecular formula is C24H27FN6O5S. The van der Waals surface area contributed by atoms with E-state index in [9.17, 15) is 17.6 Å². The monoisotopic (exact) mass is 530 g/mol. The number of sulfone groups is 1. The summed E-state index contributed by atoms with van der Waals surface area (Å²) in [5.41, 5.74) is 1.11. The lowest BCUT2D eigenvalue weighted by molar-refractivity contribution is 0.0981. The van der Waals surface area contributed by atoms with Gasteiger partial charge in [0.15, 0.2) is 21.5 Å². The van der Waals surface area contributed by atoms with E-state index in [1.54, 1.807) is 24.3 Å². The molecule has 0 aliphatic carbocycles. The molecule has 2 amide bonds. The summed E-state index contributed by atoms with van der Waals surface area (Å²) in [6, 6.07) is 9.54. The first-order valence-corrected chi connectivity index (χ1v) is 13.4. The van der Waals surface area contributed by atoms with E-state index in [1.807, 2.05) is 11.8 Å². The minimum atomic E-state index is -3.71. The molecule has 4 rings (SSSR count). The van der Waals surface area contributed by atoms with Crippen LogP contribution < -0.4 is 15.5 Å². The summed E-state index contributed by atoms with van der Waals surface area (Å²) in [5.74, 6) is -0.0477. The van der Waals surface area contributed by atoms with E-state index < -0.39 is 21.7 Å². The zero-order valence-corrected chi connectivity index (χ0v) is 21.1.